The Morgan fingerprint density at radius 3 is 3.12 bits per heavy atom. The number of nitrogens with two attached hydrogens (primary N) is 1. The van der Waals surface area contributed by atoms with Gasteiger partial charge in [-0.15, -0.1) is 0 Å². The molecule has 1 heterocycles. The molecule has 130 valence electrons. The number of benzene rings is 1. The first-order valence-electron chi connectivity index (χ1n) is 7.84. The summed E-state index contributed by atoms with van der Waals surface area (Å²) in [6.45, 7) is 2.50. The number of halogens is 1. The molecule has 0 aromatic heterocycles. The van der Waals surface area contributed by atoms with Gasteiger partial charge in [0.15, 0.2) is 5.17 Å². The highest BCUT2D eigenvalue weighted by atomic mass is 32.2. The molecule has 0 saturated heterocycles. The molecule has 0 radical (unpaired) electrons. The fraction of sp³-hybridized carbons (Fsp3) is 0.500. The first-order valence-corrected chi connectivity index (χ1v) is 8.83. The number of hydrogen-bond donors (Lipinski definition) is 3. The van der Waals surface area contributed by atoms with E-state index in [1.165, 1.54) is 23.9 Å². The fourth-order valence-electron chi connectivity index (χ4n) is 3.63. The molecule has 0 unspecified atom stereocenters. The molecule has 3 atom stereocenters. The van der Waals surface area contributed by atoms with Crippen molar-refractivity contribution in [3.05, 3.63) is 29.6 Å². The predicted octanol–water partition coefficient (Wildman–Crippen LogP) is 2.79. The van der Waals surface area contributed by atoms with Gasteiger partial charge in [-0.3, -0.25) is 10.3 Å². The van der Waals surface area contributed by atoms with Gasteiger partial charge >= 0.3 is 6.09 Å². The lowest BCUT2D eigenvalue weighted by atomic mass is 9.81. The number of ether oxygens (including phenoxy) is 1. The van der Waals surface area contributed by atoms with Gasteiger partial charge in [0.25, 0.3) is 0 Å². The van der Waals surface area contributed by atoms with Gasteiger partial charge in [0.2, 0.25) is 0 Å². The number of hydrogen-bond acceptors (Lipinski definition) is 5. The Morgan fingerprint density at radius 1 is 1.62 bits per heavy atom. The summed E-state index contributed by atoms with van der Waals surface area (Å²) in [6, 6.07) is 4.46. The number of carboxylic acid groups (broad SMARTS) is 1. The van der Waals surface area contributed by atoms with Gasteiger partial charge in [-0.1, -0.05) is 11.8 Å². The Kier molecular flexibility index (Phi) is 4.69. The van der Waals surface area contributed by atoms with Crippen LogP contribution in [-0.4, -0.2) is 34.8 Å². The van der Waals surface area contributed by atoms with Crippen LogP contribution in [0.1, 0.15) is 25.3 Å². The number of amides is 1. The third-order valence-corrected chi connectivity index (χ3v) is 5.59. The largest absolute Gasteiger partial charge is 0.465 e. The quantitative estimate of drug-likeness (QED) is 0.726. The molecule has 1 aliphatic heterocycles. The molecule has 0 bridgehead atoms. The van der Waals surface area contributed by atoms with Crippen LogP contribution >= 0.6 is 11.8 Å². The maximum Gasteiger partial charge on any atom is 0.410 e. The van der Waals surface area contributed by atoms with E-state index in [1.54, 1.807) is 6.07 Å². The van der Waals surface area contributed by atoms with Crippen LogP contribution in [0.2, 0.25) is 0 Å². The second kappa shape index (κ2) is 6.60. The molecular formula is C16H20FN3O3S. The second-order valence-electron chi connectivity index (χ2n) is 6.04. The number of nitrogens with zero attached hydrogens (tertiary/aromatic N) is 1. The van der Waals surface area contributed by atoms with E-state index in [9.17, 15) is 9.18 Å². The molecule has 1 saturated carbocycles. The van der Waals surface area contributed by atoms with Crippen LogP contribution in [0.5, 0.6) is 0 Å². The number of fused-ring (bicyclic) bond motifs is 1. The number of rotatable bonds is 3. The van der Waals surface area contributed by atoms with E-state index in [0.29, 0.717) is 30.0 Å². The number of anilines is 1. The summed E-state index contributed by atoms with van der Waals surface area (Å²) in [5.41, 5.74) is 5.89. The van der Waals surface area contributed by atoms with Crippen LogP contribution in [-0.2, 0) is 10.3 Å². The summed E-state index contributed by atoms with van der Waals surface area (Å²) in [7, 11) is 0. The van der Waals surface area contributed by atoms with Crippen molar-refractivity contribution >= 4 is 28.7 Å². The molecule has 1 aromatic carbocycles. The predicted molar refractivity (Wildman–Crippen MR) is 91.7 cm³/mol. The first kappa shape index (κ1) is 17.0. The van der Waals surface area contributed by atoms with Crippen molar-refractivity contribution < 1.29 is 19.0 Å². The van der Waals surface area contributed by atoms with E-state index >= 15 is 0 Å². The van der Waals surface area contributed by atoms with E-state index in [2.05, 4.69) is 10.3 Å². The molecule has 4 N–H and O–H groups in total. The smallest absolute Gasteiger partial charge is 0.410 e. The lowest BCUT2D eigenvalue weighted by Gasteiger charge is -2.36. The van der Waals surface area contributed by atoms with Crippen molar-refractivity contribution in [2.45, 2.75) is 31.4 Å². The Balaban J connectivity index is 2.07. The van der Waals surface area contributed by atoms with E-state index in [1.807, 2.05) is 6.92 Å². The van der Waals surface area contributed by atoms with Crippen molar-refractivity contribution in [2.75, 3.05) is 18.1 Å². The minimum Gasteiger partial charge on any atom is -0.465 e. The van der Waals surface area contributed by atoms with Crippen LogP contribution in [0.4, 0.5) is 14.9 Å². The average Bonchev–Trinajstić information content (AvgIpc) is 2.88. The van der Waals surface area contributed by atoms with E-state index in [4.69, 9.17) is 15.6 Å². The topological polar surface area (TPSA) is 96.9 Å². The zero-order valence-electron chi connectivity index (χ0n) is 13.3. The molecule has 1 fully saturated rings. The summed E-state index contributed by atoms with van der Waals surface area (Å²) in [6.07, 6.45) is 0.0625. The molecule has 1 amide bonds. The van der Waals surface area contributed by atoms with Crippen LogP contribution in [0, 0.1) is 11.7 Å². The van der Waals surface area contributed by atoms with E-state index in [-0.39, 0.29) is 23.0 Å². The zero-order valence-corrected chi connectivity index (χ0v) is 14.1. The molecule has 24 heavy (non-hydrogen) atoms. The SMILES string of the molecule is CCO[C@H]1C[C@H]2CSC(NC(=O)O)=N[C@@]2(c2cc(N)ccc2F)C1. The number of carbonyl (C=O) groups is 1. The third-order valence-electron chi connectivity index (χ3n) is 4.56. The summed E-state index contributed by atoms with van der Waals surface area (Å²) < 4.78 is 20.3. The highest BCUT2D eigenvalue weighted by Gasteiger charge is 2.52. The molecule has 1 aliphatic carbocycles. The van der Waals surface area contributed by atoms with Crippen molar-refractivity contribution in [1.82, 2.24) is 5.32 Å². The summed E-state index contributed by atoms with van der Waals surface area (Å²) in [4.78, 5) is 15.6. The second-order valence-corrected chi connectivity index (χ2v) is 7.04. The molecule has 3 rings (SSSR count). The zero-order chi connectivity index (χ0) is 17.3. The van der Waals surface area contributed by atoms with Crippen LogP contribution in [0.15, 0.2) is 23.2 Å². The van der Waals surface area contributed by atoms with Crippen molar-refractivity contribution in [1.29, 1.82) is 0 Å². The number of aliphatic imine (C=N–C) groups is 1. The van der Waals surface area contributed by atoms with Crippen LogP contribution in [0.3, 0.4) is 0 Å². The van der Waals surface area contributed by atoms with Crippen molar-refractivity contribution in [3.8, 4) is 0 Å². The molecular weight excluding hydrogens is 333 g/mol. The number of amidine groups is 1. The minimum absolute atomic E-state index is 0.0330. The van der Waals surface area contributed by atoms with Crippen LogP contribution in [0.25, 0.3) is 0 Å². The van der Waals surface area contributed by atoms with Gasteiger partial charge in [-0.2, -0.15) is 0 Å². The van der Waals surface area contributed by atoms with Gasteiger partial charge < -0.3 is 15.6 Å². The Morgan fingerprint density at radius 2 is 2.42 bits per heavy atom. The average molecular weight is 353 g/mol. The first-order chi connectivity index (χ1) is 11.4. The Labute approximate surface area is 143 Å². The van der Waals surface area contributed by atoms with Crippen molar-refractivity contribution in [3.63, 3.8) is 0 Å². The Bertz CT molecular complexity index is 685. The highest BCUT2D eigenvalue weighted by Crippen LogP contribution is 2.52. The summed E-state index contributed by atoms with van der Waals surface area (Å²) in [5, 5.41) is 11.6. The highest BCUT2D eigenvalue weighted by molar-refractivity contribution is 8.13. The maximum atomic E-state index is 14.6. The summed E-state index contributed by atoms with van der Waals surface area (Å²) >= 11 is 1.34. The van der Waals surface area contributed by atoms with Gasteiger partial charge in [-0.25, -0.2) is 9.18 Å². The lowest BCUT2D eigenvalue weighted by molar-refractivity contribution is 0.0629. The molecule has 8 heteroatoms. The van der Waals surface area contributed by atoms with Gasteiger partial charge in [-0.05, 0) is 31.5 Å². The lowest BCUT2D eigenvalue weighted by Crippen LogP contribution is -2.40. The molecule has 2 aliphatic rings. The fourth-order valence-corrected chi connectivity index (χ4v) is 4.79. The normalized spacial score (nSPS) is 29.0. The molecule has 0 spiro atoms. The van der Waals surface area contributed by atoms with Gasteiger partial charge in [0, 0.05) is 35.9 Å². The van der Waals surface area contributed by atoms with E-state index in [0.717, 1.165) is 6.42 Å². The maximum absolute atomic E-state index is 14.6. The van der Waals surface area contributed by atoms with Crippen molar-refractivity contribution in [2.24, 2.45) is 10.9 Å². The minimum atomic E-state index is -1.18. The number of thioether (sulfide) groups is 1. The summed E-state index contributed by atoms with van der Waals surface area (Å²) in [5.74, 6) is 0.336. The van der Waals surface area contributed by atoms with E-state index < -0.39 is 11.6 Å². The van der Waals surface area contributed by atoms with Crippen LogP contribution < -0.4 is 11.1 Å². The van der Waals surface area contributed by atoms with Gasteiger partial charge in [0.1, 0.15) is 5.82 Å². The number of nitrogens with one attached hydrogen (secondary N) is 1. The third kappa shape index (κ3) is 3.08. The molecule has 6 nitrogen and oxygen atoms in total. The molecule has 1 aromatic rings. The van der Waals surface area contributed by atoms with Gasteiger partial charge in [0.05, 0.1) is 11.6 Å². The standard InChI is InChI=1S/C16H20FN3O3S/c1-2-23-11-5-9-8-24-14(19-15(21)22)20-16(9,7-11)12-6-10(18)3-4-13(12)17/h3-4,6,9,11H,2,5,7-8,18H2,1H3,(H,19,20)(H,21,22)/t9-,11-,16-/m0/s1. The monoisotopic (exact) mass is 353 g/mol. The number of nitrogen functional groups attached to an aromatic ring is 1. The Hall–Kier alpha value is -1.80.